The average molecular weight is 321 g/mol. The van der Waals surface area contributed by atoms with Gasteiger partial charge in [0.2, 0.25) is 5.91 Å². The van der Waals surface area contributed by atoms with Gasteiger partial charge in [0.05, 0.1) is 6.42 Å². The van der Waals surface area contributed by atoms with Gasteiger partial charge in [0.25, 0.3) is 0 Å². The van der Waals surface area contributed by atoms with Gasteiger partial charge < -0.3 is 15.4 Å². The number of amides is 1. The lowest BCUT2D eigenvalue weighted by molar-refractivity contribution is -0.121. The molecule has 21 heavy (non-hydrogen) atoms. The van der Waals surface area contributed by atoms with Gasteiger partial charge in [-0.15, -0.1) is 12.4 Å². The Morgan fingerprint density at radius 1 is 1.38 bits per heavy atom. The Hall–Kier alpha value is -1.40. The molecule has 0 saturated carbocycles. The van der Waals surface area contributed by atoms with Crippen molar-refractivity contribution in [3.63, 3.8) is 0 Å². The Morgan fingerprint density at radius 3 is 2.67 bits per heavy atom. The van der Waals surface area contributed by atoms with Crippen molar-refractivity contribution in [1.82, 2.24) is 10.6 Å². The van der Waals surface area contributed by atoms with Gasteiger partial charge in [-0.05, 0) is 37.1 Å². The van der Waals surface area contributed by atoms with Crippen molar-refractivity contribution in [2.75, 3.05) is 13.1 Å². The molecule has 0 radical (unpaired) electrons. The second-order valence-corrected chi connectivity index (χ2v) is 4.81. The number of nitrogens with one attached hydrogen (secondary N) is 2. The smallest absolute Gasteiger partial charge is 0.387 e. The molecule has 1 heterocycles. The van der Waals surface area contributed by atoms with Crippen molar-refractivity contribution in [2.45, 2.75) is 31.9 Å². The van der Waals surface area contributed by atoms with Gasteiger partial charge >= 0.3 is 6.61 Å². The Balaban J connectivity index is 0.00000220. The van der Waals surface area contributed by atoms with Crippen LogP contribution in [-0.4, -0.2) is 31.7 Å². The van der Waals surface area contributed by atoms with Crippen LogP contribution in [-0.2, 0) is 11.2 Å². The minimum atomic E-state index is -2.83. The van der Waals surface area contributed by atoms with Gasteiger partial charge in [0, 0.05) is 12.6 Å². The van der Waals surface area contributed by atoms with Gasteiger partial charge in [-0.3, -0.25) is 4.79 Å². The van der Waals surface area contributed by atoms with Crippen LogP contribution in [0.3, 0.4) is 0 Å². The number of alkyl halides is 2. The number of hydrogen-bond donors (Lipinski definition) is 2. The van der Waals surface area contributed by atoms with E-state index in [4.69, 9.17) is 0 Å². The first-order valence-electron chi connectivity index (χ1n) is 6.67. The highest BCUT2D eigenvalue weighted by atomic mass is 35.5. The topological polar surface area (TPSA) is 50.4 Å². The summed E-state index contributed by atoms with van der Waals surface area (Å²) in [6.45, 7) is -1.03. The van der Waals surface area contributed by atoms with Crippen LogP contribution in [0.2, 0.25) is 0 Å². The summed E-state index contributed by atoms with van der Waals surface area (Å²) in [7, 11) is 0. The van der Waals surface area contributed by atoms with Crippen molar-refractivity contribution < 1.29 is 18.3 Å². The second-order valence-electron chi connectivity index (χ2n) is 4.81. The van der Waals surface area contributed by atoms with Crippen LogP contribution < -0.4 is 15.4 Å². The van der Waals surface area contributed by atoms with E-state index in [1.807, 2.05) is 0 Å². The molecule has 7 heteroatoms. The van der Waals surface area contributed by atoms with E-state index >= 15 is 0 Å². The first-order chi connectivity index (χ1) is 9.63. The van der Waals surface area contributed by atoms with Crippen molar-refractivity contribution >= 4 is 18.3 Å². The molecule has 2 N–H and O–H groups in total. The minimum Gasteiger partial charge on any atom is -0.435 e. The fraction of sp³-hybridized carbons (Fsp3) is 0.500. The normalized spacial score (nSPS) is 18.0. The standard InChI is InChI=1S/C14H18F2N2O2.ClH/c15-14(16)20-12-5-3-10(4-6-12)8-13(19)18-11-2-1-7-17-9-11;/h3-6,11,14,17H,1-2,7-9H2,(H,18,19);1H. The van der Waals surface area contributed by atoms with Gasteiger partial charge in [0.15, 0.2) is 0 Å². The van der Waals surface area contributed by atoms with Crippen LogP contribution in [0.4, 0.5) is 8.78 Å². The van der Waals surface area contributed by atoms with Crippen LogP contribution in [0.5, 0.6) is 5.75 Å². The SMILES string of the molecule is Cl.O=C(Cc1ccc(OC(F)F)cc1)NC1CCCNC1. The average Bonchev–Trinajstić information content (AvgIpc) is 2.41. The summed E-state index contributed by atoms with van der Waals surface area (Å²) in [6.07, 6.45) is 2.29. The van der Waals surface area contributed by atoms with Crippen LogP contribution >= 0.6 is 12.4 Å². The lowest BCUT2D eigenvalue weighted by atomic mass is 10.1. The Bertz CT molecular complexity index is 437. The Labute approximate surface area is 128 Å². The predicted molar refractivity (Wildman–Crippen MR) is 78.1 cm³/mol. The van der Waals surface area contributed by atoms with Crippen LogP contribution in [0, 0.1) is 0 Å². The summed E-state index contributed by atoms with van der Waals surface area (Å²) >= 11 is 0. The number of carbonyl (C=O) groups excluding carboxylic acids is 1. The molecule has 1 saturated heterocycles. The molecule has 1 aliphatic heterocycles. The summed E-state index contributed by atoms with van der Waals surface area (Å²) in [6, 6.07) is 6.30. The zero-order valence-corrected chi connectivity index (χ0v) is 12.3. The van der Waals surface area contributed by atoms with Crippen LogP contribution in [0.25, 0.3) is 0 Å². The maximum Gasteiger partial charge on any atom is 0.387 e. The van der Waals surface area contributed by atoms with E-state index < -0.39 is 6.61 Å². The van der Waals surface area contributed by atoms with Crippen LogP contribution in [0.1, 0.15) is 18.4 Å². The van der Waals surface area contributed by atoms with Crippen molar-refractivity contribution in [2.24, 2.45) is 0 Å². The molecule has 0 spiro atoms. The monoisotopic (exact) mass is 320 g/mol. The quantitative estimate of drug-likeness (QED) is 0.874. The van der Waals surface area contributed by atoms with Gasteiger partial charge in [-0.25, -0.2) is 0 Å². The molecule has 1 atom stereocenters. The van der Waals surface area contributed by atoms with E-state index in [2.05, 4.69) is 15.4 Å². The molecule has 2 rings (SSSR count). The molecule has 1 aromatic rings. The fourth-order valence-corrected chi connectivity index (χ4v) is 2.23. The van der Waals surface area contributed by atoms with E-state index in [9.17, 15) is 13.6 Å². The summed E-state index contributed by atoms with van der Waals surface area (Å²) in [5.74, 6) is 0.0434. The highest BCUT2D eigenvalue weighted by Crippen LogP contribution is 2.15. The second kappa shape index (κ2) is 8.79. The summed E-state index contributed by atoms with van der Waals surface area (Å²) in [4.78, 5) is 11.9. The third-order valence-corrected chi connectivity index (χ3v) is 3.18. The van der Waals surface area contributed by atoms with E-state index in [0.717, 1.165) is 31.5 Å². The van der Waals surface area contributed by atoms with Crippen molar-refractivity contribution in [1.29, 1.82) is 0 Å². The van der Waals surface area contributed by atoms with E-state index in [0.29, 0.717) is 0 Å². The third kappa shape index (κ3) is 6.27. The first kappa shape index (κ1) is 17.7. The van der Waals surface area contributed by atoms with Crippen molar-refractivity contribution in [3.05, 3.63) is 29.8 Å². The molecule has 1 amide bonds. The Morgan fingerprint density at radius 2 is 2.10 bits per heavy atom. The van der Waals surface area contributed by atoms with E-state index in [-0.39, 0.29) is 36.5 Å². The van der Waals surface area contributed by atoms with Crippen LogP contribution in [0.15, 0.2) is 24.3 Å². The fourth-order valence-electron chi connectivity index (χ4n) is 2.23. The molecule has 1 fully saturated rings. The highest BCUT2D eigenvalue weighted by Gasteiger charge is 2.15. The molecular formula is C14H19ClF2N2O2. The molecular weight excluding hydrogens is 302 g/mol. The lowest BCUT2D eigenvalue weighted by Gasteiger charge is -2.23. The summed E-state index contributed by atoms with van der Waals surface area (Å²) in [5, 5.41) is 6.19. The van der Waals surface area contributed by atoms with Gasteiger partial charge in [-0.1, -0.05) is 12.1 Å². The number of halogens is 3. The molecule has 4 nitrogen and oxygen atoms in total. The van der Waals surface area contributed by atoms with Crippen molar-refractivity contribution in [3.8, 4) is 5.75 Å². The number of carbonyl (C=O) groups is 1. The summed E-state index contributed by atoms with van der Waals surface area (Å²) < 4.78 is 28.3. The van der Waals surface area contributed by atoms with E-state index in [1.54, 1.807) is 12.1 Å². The molecule has 0 bridgehead atoms. The number of hydrogen-bond acceptors (Lipinski definition) is 3. The molecule has 1 aliphatic rings. The van der Waals surface area contributed by atoms with E-state index in [1.165, 1.54) is 12.1 Å². The molecule has 1 aromatic carbocycles. The Kier molecular flexibility index (Phi) is 7.39. The largest absolute Gasteiger partial charge is 0.435 e. The maximum absolute atomic E-state index is 12.0. The molecule has 1 unspecified atom stereocenters. The highest BCUT2D eigenvalue weighted by molar-refractivity contribution is 5.85. The minimum absolute atomic E-state index is 0. The lowest BCUT2D eigenvalue weighted by Crippen LogP contribution is -2.46. The number of benzene rings is 1. The molecule has 0 aromatic heterocycles. The zero-order chi connectivity index (χ0) is 14.4. The maximum atomic E-state index is 12.0. The van der Waals surface area contributed by atoms with Gasteiger partial charge in [-0.2, -0.15) is 8.78 Å². The molecule has 118 valence electrons. The van der Waals surface area contributed by atoms with Gasteiger partial charge in [0.1, 0.15) is 5.75 Å². The first-order valence-corrected chi connectivity index (χ1v) is 6.67. The number of ether oxygens (including phenoxy) is 1. The summed E-state index contributed by atoms with van der Waals surface area (Å²) in [5.41, 5.74) is 0.771. The number of rotatable bonds is 5. The number of piperidine rings is 1. The predicted octanol–water partition coefficient (Wildman–Crippen LogP) is 2.12. The third-order valence-electron chi connectivity index (χ3n) is 3.18. The molecule has 0 aliphatic carbocycles. The zero-order valence-electron chi connectivity index (χ0n) is 11.5.